The van der Waals surface area contributed by atoms with Crippen LogP contribution in [0.4, 0.5) is 5.69 Å². The lowest BCUT2D eigenvalue weighted by Gasteiger charge is -2.37. The highest BCUT2D eigenvalue weighted by Gasteiger charge is 2.29. The Hall–Kier alpha value is -3.11. The van der Waals surface area contributed by atoms with Crippen molar-refractivity contribution < 1.29 is 14.0 Å². The molecule has 0 radical (unpaired) electrons. The van der Waals surface area contributed by atoms with Crippen LogP contribution in [0, 0.1) is 25.2 Å². The van der Waals surface area contributed by atoms with Crippen LogP contribution in [0.3, 0.4) is 0 Å². The van der Waals surface area contributed by atoms with Gasteiger partial charge < -0.3 is 14.6 Å². The van der Waals surface area contributed by atoms with Crippen LogP contribution in [0.15, 0.2) is 34.7 Å². The third kappa shape index (κ3) is 4.07. The Balaban J connectivity index is 1.58. The summed E-state index contributed by atoms with van der Waals surface area (Å²) in [5.41, 5.74) is 1.55. The molecule has 1 aromatic carbocycles. The van der Waals surface area contributed by atoms with Gasteiger partial charge in [-0.25, -0.2) is 0 Å². The van der Waals surface area contributed by atoms with Crippen molar-refractivity contribution in [2.75, 3.05) is 31.5 Å². The molecule has 2 heterocycles. The molecule has 2 amide bonds. The van der Waals surface area contributed by atoms with Crippen molar-refractivity contribution in [1.82, 2.24) is 9.80 Å². The van der Waals surface area contributed by atoms with Crippen LogP contribution >= 0.6 is 0 Å². The van der Waals surface area contributed by atoms with E-state index in [1.807, 2.05) is 18.7 Å². The van der Waals surface area contributed by atoms with E-state index in [2.05, 4.69) is 11.4 Å². The molecular formula is C21H24N4O3. The number of anilines is 1. The lowest BCUT2D eigenvalue weighted by Crippen LogP contribution is -2.54. The Labute approximate surface area is 164 Å². The van der Waals surface area contributed by atoms with Gasteiger partial charge in [0.15, 0.2) is 0 Å². The topological polar surface area (TPSA) is 89.6 Å². The van der Waals surface area contributed by atoms with Crippen LogP contribution in [0.2, 0.25) is 0 Å². The predicted molar refractivity (Wildman–Crippen MR) is 105 cm³/mol. The Bertz CT molecular complexity index is 920. The van der Waals surface area contributed by atoms with Crippen LogP contribution in [0.5, 0.6) is 0 Å². The first-order valence-corrected chi connectivity index (χ1v) is 9.31. The summed E-state index contributed by atoms with van der Waals surface area (Å²) >= 11 is 0. The van der Waals surface area contributed by atoms with E-state index in [1.165, 1.54) is 0 Å². The van der Waals surface area contributed by atoms with Gasteiger partial charge in [-0.15, -0.1) is 0 Å². The van der Waals surface area contributed by atoms with Crippen molar-refractivity contribution in [2.24, 2.45) is 0 Å². The standard InChI is InChI=1S/C21H24N4O3/c1-14-12-18(16(3)28-14)21(27)25-10-8-24(9-11-25)15(2)20(26)23-19-7-5-4-6-17(19)13-22/h4-7,12,15H,8-11H2,1-3H3,(H,23,26). The van der Waals surface area contributed by atoms with Crippen LogP contribution in [0.1, 0.15) is 34.4 Å². The molecule has 7 heteroatoms. The number of furan rings is 1. The lowest BCUT2D eigenvalue weighted by molar-refractivity contribution is -0.121. The predicted octanol–water partition coefficient (Wildman–Crippen LogP) is 2.55. The highest BCUT2D eigenvalue weighted by molar-refractivity contribution is 5.96. The lowest BCUT2D eigenvalue weighted by atomic mass is 10.1. The molecule has 7 nitrogen and oxygen atoms in total. The van der Waals surface area contributed by atoms with E-state index < -0.39 is 0 Å². The summed E-state index contributed by atoms with van der Waals surface area (Å²) in [4.78, 5) is 29.1. The minimum absolute atomic E-state index is 0.0333. The number of carbonyl (C=O) groups is 2. The molecule has 1 aliphatic rings. The molecular weight excluding hydrogens is 356 g/mol. The number of nitrogens with one attached hydrogen (secondary N) is 1. The van der Waals surface area contributed by atoms with Gasteiger partial charge in [0.1, 0.15) is 17.6 Å². The molecule has 28 heavy (non-hydrogen) atoms. The maximum Gasteiger partial charge on any atom is 0.257 e. The summed E-state index contributed by atoms with van der Waals surface area (Å²) in [6, 6.07) is 10.4. The number of nitriles is 1. The van der Waals surface area contributed by atoms with Crippen LogP contribution in [-0.2, 0) is 4.79 Å². The zero-order valence-electron chi connectivity index (χ0n) is 16.4. The van der Waals surface area contributed by atoms with E-state index in [9.17, 15) is 9.59 Å². The summed E-state index contributed by atoms with van der Waals surface area (Å²) in [6.45, 7) is 7.77. The summed E-state index contributed by atoms with van der Waals surface area (Å²) in [7, 11) is 0. The SMILES string of the molecule is Cc1cc(C(=O)N2CCN(C(C)C(=O)Nc3ccccc3C#N)CC2)c(C)o1. The summed E-state index contributed by atoms with van der Waals surface area (Å²) < 4.78 is 5.46. The third-order valence-electron chi connectivity index (χ3n) is 5.11. The molecule has 1 saturated heterocycles. The molecule has 1 atom stereocenters. The van der Waals surface area contributed by atoms with E-state index in [-0.39, 0.29) is 17.9 Å². The summed E-state index contributed by atoms with van der Waals surface area (Å²) in [6.07, 6.45) is 0. The maximum absolute atomic E-state index is 12.7. The van der Waals surface area contributed by atoms with Crippen molar-refractivity contribution in [2.45, 2.75) is 26.8 Å². The first-order valence-electron chi connectivity index (χ1n) is 9.31. The van der Waals surface area contributed by atoms with Crippen LogP contribution in [-0.4, -0.2) is 53.8 Å². The van der Waals surface area contributed by atoms with Crippen LogP contribution < -0.4 is 5.32 Å². The number of aryl methyl sites for hydroxylation is 2. The maximum atomic E-state index is 12.7. The zero-order valence-corrected chi connectivity index (χ0v) is 16.4. The average Bonchev–Trinajstić information content (AvgIpc) is 3.05. The van der Waals surface area contributed by atoms with E-state index in [1.54, 1.807) is 42.2 Å². The number of nitrogens with zero attached hydrogens (tertiary/aromatic N) is 3. The highest BCUT2D eigenvalue weighted by Crippen LogP contribution is 2.19. The van der Waals surface area contributed by atoms with Gasteiger partial charge in [-0.05, 0) is 39.0 Å². The normalized spacial score (nSPS) is 15.7. The Morgan fingerprint density at radius 2 is 1.86 bits per heavy atom. The first kappa shape index (κ1) is 19.6. The van der Waals surface area contributed by atoms with E-state index in [0.717, 1.165) is 5.76 Å². The van der Waals surface area contributed by atoms with Gasteiger partial charge in [-0.3, -0.25) is 14.5 Å². The fraction of sp³-hybridized carbons (Fsp3) is 0.381. The number of hydrogen-bond donors (Lipinski definition) is 1. The van der Waals surface area contributed by atoms with Gasteiger partial charge in [0.05, 0.1) is 22.9 Å². The fourth-order valence-electron chi connectivity index (χ4n) is 3.42. The Morgan fingerprint density at radius 3 is 2.46 bits per heavy atom. The molecule has 1 unspecified atom stereocenters. The minimum atomic E-state index is -0.359. The van der Waals surface area contributed by atoms with Gasteiger partial charge in [-0.1, -0.05) is 12.1 Å². The minimum Gasteiger partial charge on any atom is -0.466 e. The van der Waals surface area contributed by atoms with Crippen molar-refractivity contribution in [3.63, 3.8) is 0 Å². The smallest absolute Gasteiger partial charge is 0.257 e. The Morgan fingerprint density at radius 1 is 1.18 bits per heavy atom. The van der Waals surface area contributed by atoms with Crippen molar-refractivity contribution in [1.29, 1.82) is 5.26 Å². The molecule has 0 spiro atoms. The van der Waals surface area contributed by atoms with E-state index >= 15 is 0 Å². The molecule has 3 rings (SSSR count). The van der Waals surface area contributed by atoms with Gasteiger partial charge in [0, 0.05) is 26.2 Å². The number of para-hydroxylation sites is 1. The number of carbonyl (C=O) groups excluding carboxylic acids is 2. The number of amides is 2. The first-order chi connectivity index (χ1) is 13.4. The molecule has 0 aliphatic carbocycles. The average molecular weight is 380 g/mol. The van der Waals surface area contributed by atoms with Crippen molar-refractivity contribution in [3.05, 3.63) is 53.0 Å². The number of hydrogen-bond acceptors (Lipinski definition) is 5. The monoisotopic (exact) mass is 380 g/mol. The van der Waals surface area contributed by atoms with Gasteiger partial charge in [0.2, 0.25) is 5.91 Å². The zero-order chi connectivity index (χ0) is 20.3. The molecule has 0 saturated carbocycles. The molecule has 1 aliphatic heterocycles. The second-order valence-electron chi connectivity index (χ2n) is 6.98. The second-order valence-corrected chi connectivity index (χ2v) is 6.98. The second kappa shape index (κ2) is 8.28. The summed E-state index contributed by atoms with van der Waals surface area (Å²) in [5, 5.41) is 12.0. The molecule has 1 N–H and O–H groups in total. The third-order valence-corrected chi connectivity index (χ3v) is 5.11. The van der Waals surface area contributed by atoms with E-state index in [4.69, 9.17) is 9.68 Å². The van der Waals surface area contributed by atoms with Gasteiger partial charge in [0.25, 0.3) is 5.91 Å². The summed E-state index contributed by atoms with van der Waals surface area (Å²) in [5.74, 6) is 1.16. The molecule has 1 aromatic heterocycles. The molecule has 146 valence electrons. The van der Waals surface area contributed by atoms with Crippen molar-refractivity contribution >= 4 is 17.5 Å². The molecule has 1 fully saturated rings. The van der Waals surface area contributed by atoms with E-state index in [0.29, 0.717) is 48.8 Å². The fourth-order valence-corrected chi connectivity index (χ4v) is 3.42. The molecule has 0 bridgehead atoms. The quantitative estimate of drug-likeness (QED) is 0.880. The highest BCUT2D eigenvalue weighted by atomic mass is 16.3. The van der Waals surface area contributed by atoms with Gasteiger partial charge >= 0.3 is 0 Å². The molecule has 2 aromatic rings. The van der Waals surface area contributed by atoms with Crippen molar-refractivity contribution in [3.8, 4) is 6.07 Å². The Kier molecular flexibility index (Phi) is 5.81. The number of rotatable bonds is 4. The number of benzene rings is 1. The van der Waals surface area contributed by atoms with Crippen LogP contribution in [0.25, 0.3) is 0 Å². The number of piperazine rings is 1. The largest absolute Gasteiger partial charge is 0.466 e. The van der Waals surface area contributed by atoms with Gasteiger partial charge in [-0.2, -0.15) is 5.26 Å².